The first kappa shape index (κ1) is 28.1. The molecule has 2 saturated heterocycles. The third-order valence-corrected chi connectivity index (χ3v) is 9.34. The first-order chi connectivity index (χ1) is 19.0. The van der Waals surface area contributed by atoms with Crippen LogP contribution in [0.2, 0.25) is 0 Å². The number of aromatic nitrogens is 2. The Kier molecular flexibility index (Phi) is 7.65. The Morgan fingerprint density at radius 1 is 1.10 bits per heavy atom. The first-order valence-corrected chi connectivity index (χ1v) is 14.4. The van der Waals surface area contributed by atoms with Crippen LogP contribution in [0, 0.1) is 5.82 Å². The Morgan fingerprint density at radius 3 is 2.48 bits per heavy atom. The van der Waals surface area contributed by atoms with E-state index in [1.807, 2.05) is 0 Å². The number of rotatable bonds is 5. The number of sulfonamides is 1. The van der Waals surface area contributed by atoms with Crippen LogP contribution in [0.1, 0.15) is 41.6 Å². The highest BCUT2D eigenvalue weighted by atomic mass is 32.2. The molecule has 0 unspecified atom stereocenters. The van der Waals surface area contributed by atoms with Gasteiger partial charge in [0.05, 0.1) is 18.0 Å². The summed E-state index contributed by atoms with van der Waals surface area (Å²) < 4.78 is 54.7. The zero-order chi connectivity index (χ0) is 28.7. The van der Waals surface area contributed by atoms with E-state index in [-0.39, 0.29) is 68.1 Å². The minimum absolute atomic E-state index is 0.0701. The summed E-state index contributed by atoms with van der Waals surface area (Å²) in [6, 6.07) is 3.21. The summed E-state index contributed by atoms with van der Waals surface area (Å²) >= 11 is 0. The smallest absolute Gasteiger partial charge is 0.296 e. The van der Waals surface area contributed by atoms with Crippen LogP contribution in [0.25, 0.3) is 0 Å². The predicted octanol–water partition coefficient (Wildman–Crippen LogP) is -0.0933. The van der Waals surface area contributed by atoms with Gasteiger partial charge in [0.1, 0.15) is 17.2 Å². The summed E-state index contributed by atoms with van der Waals surface area (Å²) in [7, 11) is -4.06. The second-order valence-corrected chi connectivity index (χ2v) is 11.9. The molecular weight excluding hydrogens is 549 g/mol. The number of benzene rings is 1. The van der Waals surface area contributed by atoms with Gasteiger partial charge in [0.25, 0.3) is 11.5 Å². The molecule has 0 aliphatic carbocycles. The molecule has 5 rings (SSSR count). The Morgan fingerprint density at radius 2 is 1.80 bits per heavy atom. The molecule has 0 radical (unpaired) electrons. The van der Waals surface area contributed by atoms with Crippen molar-refractivity contribution in [1.29, 1.82) is 0 Å². The van der Waals surface area contributed by atoms with E-state index < -0.39 is 44.4 Å². The average Bonchev–Trinajstić information content (AvgIpc) is 2.94. The summed E-state index contributed by atoms with van der Waals surface area (Å²) in [5, 5.41) is 13.0. The summed E-state index contributed by atoms with van der Waals surface area (Å²) in [5.41, 5.74) is -2.04. The average molecular weight is 580 g/mol. The summed E-state index contributed by atoms with van der Waals surface area (Å²) in [6.45, 7) is 2.88. The maximum absolute atomic E-state index is 14.5. The molecule has 3 aliphatic heterocycles. The molecule has 1 spiro atoms. The Bertz CT molecular complexity index is 1500. The monoisotopic (exact) mass is 579 g/mol. The number of aromatic hydroxyl groups is 1. The molecule has 13 nitrogen and oxygen atoms in total. The van der Waals surface area contributed by atoms with Gasteiger partial charge >= 0.3 is 0 Å². The SMILES string of the molecule is CC(=O)N1CCN(S(=O)(=O)c2cc(F)cc(CNC(=O)c3nc4n(c(=O)c3O)CCOC43CCOCC3)c2)CC1. The number of halogens is 1. The minimum Gasteiger partial charge on any atom is -0.501 e. The fourth-order valence-electron chi connectivity index (χ4n) is 5.25. The number of ether oxygens (including phenoxy) is 2. The molecule has 2 amide bonds. The molecule has 0 saturated carbocycles. The lowest BCUT2D eigenvalue weighted by Crippen LogP contribution is -2.49. The highest BCUT2D eigenvalue weighted by Gasteiger charge is 2.43. The minimum atomic E-state index is -4.06. The van der Waals surface area contributed by atoms with Gasteiger partial charge in [-0.2, -0.15) is 4.31 Å². The summed E-state index contributed by atoms with van der Waals surface area (Å²) in [5.74, 6) is -2.45. The van der Waals surface area contributed by atoms with E-state index in [1.54, 1.807) is 0 Å². The number of fused-ring (bicyclic) bond motifs is 2. The van der Waals surface area contributed by atoms with Gasteiger partial charge in [-0.3, -0.25) is 19.0 Å². The predicted molar refractivity (Wildman–Crippen MR) is 136 cm³/mol. The van der Waals surface area contributed by atoms with Crippen LogP contribution in [0.3, 0.4) is 0 Å². The van der Waals surface area contributed by atoms with Gasteiger partial charge < -0.3 is 24.8 Å². The molecule has 15 heteroatoms. The Balaban J connectivity index is 1.35. The highest BCUT2D eigenvalue weighted by molar-refractivity contribution is 7.89. The number of nitrogens with one attached hydrogen (secondary N) is 1. The van der Waals surface area contributed by atoms with E-state index in [4.69, 9.17) is 9.47 Å². The molecule has 40 heavy (non-hydrogen) atoms. The quantitative estimate of drug-likeness (QED) is 0.493. The lowest BCUT2D eigenvalue weighted by Gasteiger charge is -2.40. The molecule has 216 valence electrons. The Hall–Kier alpha value is -3.40. The van der Waals surface area contributed by atoms with Gasteiger partial charge in [-0.05, 0) is 23.8 Å². The van der Waals surface area contributed by atoms with Crippen molar-refractivity contribution in [1.82, 2.24) is 24.1 Å². The first-order valence-electron chi connectivity index (χ1n) is 12.9. The summed E-state index contributed by atoms with van der Waals surface area (Å²) in [6.07, 6.45) is 0.852. The maximum Gasteiger partial charge on any atom is 0.296 e. The molecule has 0 bridgehead atoms. The molecule has 0 atom stereocenters. The van der Waals surface area contributed by atoms with Crippen LogP contribution in [0.5, 0.6) is 5.75 Å². The fraction of sp³-hybridized carbons (Fsp3) is 0.520. The normalized spacial score (nSPS) is 19.3. The van der Waals surface area contributed by atoms with E-state index in [2.05, 4.69) is 10.3 Å². The van der Waals surface area contributed by atoms with Crippen molar-refractivity contribution in [3.05, 3.63) is 51.5 Å². The maximum atomic E-state index is 14.5. The van der Waals surface area contributed by atoms with Gasteiger partial charge in [-0.15, -0.1) is 0 Å². The number of carbonyl (C=O) groups is 2. The molecule has 2 fully saturated rings. The van der Waals surface area contributed by atoms with Crippen molar-refractivity contribution < 1.29 is 37.0 Å². The van der Waals surface area contributed by atoms with Crippen LogP contribution in [-0.2, 0) is 43.0 Å². The van der Waals surface area contributed by atoms with Crippen LogP contribution >= 0.6 is 0 Å². The summed E-state index contributed by atoms with van der Waals surface area (Å²) in [4.78, 5) is 43.1. The van der Waals surface area contributed by atoms with Gasteiger partial charge in [0.2, 0.25) is 21.7 Å². The number of hydrogen-bond donors (Lipinski definition) is 2. The third kappa shape index (κ3) is 5.21. The van der Waals surface area contributed by atoms with Crippen molar-refractivity contribution in [3.63, 3.8) is 0 Å². The Labute approximate surface area is 229 Å². The zero-order valence-electron chi connectivity index (χ0n) is 21.9. The second-order valence-electron chi connectivity index (χ2n) is 9.93. The van der Waals surface area contributed by atoms with Crippen molar-refractivity contribution in [2.45, 2.75) is 43.4 Å². The molecule has 2 aromatic rings. The number of nitrogens with zero attached hydrogens (tertiary/aromatic N) is 4. The zero-order valence-corrected chi connectivity index (χ0v) is 22.7. The standard InChI is InChI=1S/C25H30FN5O8S/c1-16(32)29-4-6-30(7-5-29)40(36,37)19-13-17(12-18(26)14-19)15-27-22(34)20-21(33)23(35)31-8-11-39-25(24(31)28-20)2-9-38-10-3-25/h12-14,33H,2-11,15H2,1H3,(H,27,34). The molecule has 3 aliphatic rings. The number of hydrogen-bond acceptors (Lipinski definition) is 9. The van der Waals surface area contributed by atoms with Crippen LogP contribution < -0.4 is 10.9 Å². The number of piperazine rings is 1. The van der Waals surface area contributed by atoms with E-state index in [0.29, 0.717) is 26.1 Å². The van der Waals surface area contributed by atoms with Crippen LogP contribution in [0.15, 0.2) is 27.9 Å². The number of amides is 2. The van der Waals surface area contributed by atoms with Crippen molar-refractivity contribution in [2.75, 3.05) is 46.0 Å². The fourth-order valence-corrected chi connectivity index (χ4v) is 6.76. The van der Waals surface area contributed by atoms with Gasteiger partial charge in [0, 0.05) is 65.7 Å². The van der Waals surface area contributed by atoms with Gasteiger partial charge in [-0.1, -0.05) is 0 Å². The van der Waals surface area contributed by atoms with Crippen molar-refractivity contribution in [2.24, 2.45) is 0 Å². The van der Waals surface area contributed by atoms with Crippen LogP contribution in [-0.4, -0.2) is 90.1 Å². The van der Waals surface area contributed by atoms with E-state index in [9.17, 15) is 32.3 Å². The molecular formula is C25H30FN5O8S. The topological polar surface area (TPSA) is 160 Å². The van der Waals surface area contributed by atoms with Crippen LogP contribution in [0.4, 0.5) is 4.39 Å². The lowest BCUT2D eigenvalue weighted by molar-refractivity contribution is -0.139. The van der Waals surface area contributed by atoms with E-state index in [0.717, 1.165) is 12.1 Å². The largest absolute Gasteiger partial charge is 0.501 e. The van der Waals surface area contributed by atoms with Gasteiger partial charge in [0.15, 0.2) is 5.69 Å². The molecule has 1 aromatic heterocycles. The second kappa shape index (κ2) is 10.9. The van der Waals surface area contributed by atoms with Crippen molar-refractivity contribution in [3.8, 4) is 5.75 Å². The number of carbonyl (C=O) groups excluding carboxylic acids is 2. The molecule has 1 aromatic carbocycles. The van der Waals surface area contributed by atoms with Crippen molar-refractivity contribution >= 4 is 21.8 Å². The molecule has 2 N–H and O–H groups in total. The van der Waals surface area contributed by atoms with E-state index in [1.165, 1.54) is 26.8 Å². The molecule has 4 heterocycles. The lowest BCUT2D eigenvalue weighted by atomic mass is 9.91. The van der Waals surface area contributed by atoms with E-state index >= 15 is 0 Å². The van der Waals surface area contributed by atoms with Gasteiger partial charge in [-0.25, -0.2) is 17.8 Å². The highest BCUT2D eigenvalue weighted by Crippen LogP contribution is 2.37. The third-order valence-electron chi connectivity index (χ3n) is 7.47.